The van der Waals surface area contributed by atoms with Gasteiger partial charge in [0, 0.05) is 29.0 Å². The van der Waals surface area contributed by atoms with Crippen LogP contribution in [0.25, 0.3) is 5.76 Å². The minimum absolute atomic E-state index is 0.0239. The molecule has 1 fully saturated rings. The first-order valence-corrected chi connectivity index (χ1v) is 10.6. The number of nitrogens with zero attached hydrogens (tertiary/aromatic N) is 2. The molecule has 8 heteroatoms. The number of Topliss-reactive ketones (excluding diaryl/α,β-unsaturated/α-hetero) is 1. The van der Waals surface area contributed by atoms with Gasteiger partial charge in [0.25, 0.3) is 11.7 Å². The molecule has 3 aromatic rings. The molecule has 2 aromatic carbocycles. The van der Waals surface area contributed by atoms with E-state index in [4.69, 9.17) is 9.47 Å². The number of rotatable bonds is 4. The molecule has 3 heterocycles. The van der Waals surface area contributed by atoms with Crippen LogP contribution in [-0.2, 0) is 16.1 Å². The van der Waals surface area contributed by atoms with Crippen molar-refractivity contribution in [2.45, 2.75) is 12.6 Å². The van der Waals surface area contributed by atoms with Crippen molar-refractivity contribution in [3.63, 3.8) is 0 Å². The van der Waals surface area contributed by atoms with Crippen molar-refractivity contribution in [3.05, 3.63) is 93.7 Å². The Balaban J connectivity index is 1.65. The van der Waals surface area contributed by atoms with E-state index in [9.17, 15) is 14.7 Å². The van der Waals surface area contributed by atoms with Crippen molar-refractivity contribution in [1.82, 2.24) is 9.88 Å². The Bertz CT molecular complexity index is 1260. The molecule has 1 saturated heterocycles. The van der Waals surface area contributed by atoms with E-state index in [2.05, 4.69) is 20.9 Å². The highest BCUT2D eigenvalue weighted by molar-refractivity contribution is 9.10. The molecule has 2 aliphatic rings. The summed E-state index contributed by atoms with van der Waals surface area (Å²) in [6.45, 7) is 0.264. The quantitative estimate of drug-likeness (QED) is 0.333. The van der Waals surface area contributed by atoms with Crippen LogP contribution in [0.15, 0.2) is 77.0 Å². The first-order chi connectivity index (χ1) is 15.5. The van der Waals surface area contributed by atoms with Gasteiger partial charge in [-0.1, -0.05) is 34.1 Å². The van der Waals surface area contributed by atoms with Gasteiger partial charge in [0.2, 0.25) is 6.79 Å². The molecule has 1 amide bonds. The fourth-order valence-corrected chi connectivity index (χ4v) is 4.37. The first kappa shape index (κ1) is 20.3. The number of hydrogen-bond donors (Lipinski definition) is 1. The summed E-state index contributed by atoms with van der Waals surface area (Å²) in [6.07, 6.45) is 3.29. The van der Waals surface area contributed by atoms with Gasteiger partial charge in [-0.3, -0.25) is 14.6 Å². The smallest absolute Gasteiger partial charge is 0.295 e. The van der Waals surface area contributed by atoms with Crippen molar-refractivity contribution in [3.8, 4) is 11.5 Å². The molecule has 0 spiro atoms. The number of ether oxygens (including phenoxy) is 2. The standard InChI is InChI=1S/C24H17BrN2O5/c25-17-5-1-4-15(9-17)21-20(22(28)16-6-7-18-19(10-16)32-13-31-18)23(29)24(30)27(21)12-14-3-2-8-26-11-14/h1-11,21,28H,12-13H2. The van der Waals surface area contributed by atoms with E-state index in [0.29, 0.717) is 22.6 Å². The molecule has 1 atom stereocenters. The second-order valence-corrected chi connectivity index (χ2v) is 8.33. The highest BCUT2D eigenvalue weighted by Gasteiger charge is 2.46. The van der Waals surface area contributed by atoms with E-state index in [-0.39, 0.29) is 24.7 Å². The van der Waals surface area contributed by atoms with Gasteiger partial charge in [-0.05, 0) is 47.5 Å². The van der Waals surface area contributed by atoms with Gasteiger partial charge < -0.3 is 19.5 Å². The van der Waals surface area contributed by atoms with E-state index in [1.807, 2.05) is 30.3 Å². The molecular formula is C24H17BrN2O5. The van der Waals surface area contributed by atoms with Crippen molar-refractivity contribution in [1.29, 1.82) is 0 Å². The lowest BCUT2D eigenvalue weighted by molar-refractivity contribution is -0.140. The number of halogens is 1. The second-order valence-electron chi connectivity index (χ2n) is 7.41. The Morgan fingerprint density at radius 1 is 1.09 bits per heavy atom. The highest BCUT2D eigenvalue weighted by atomic mass is 79.9. The molecule has 0 aliphatic carbocycles. The molecule has 0 saturated carbocycles. The summed E-state index contributed by atoms with van der Waals surface area (Å²) < 4.78 is 11.5. The number of aliphatic hydroxyl groups is 1. The third-order valence-corrected chi connectivity index (χ3v) is 5.92. The van der Waals surface area contributed by atoms with Crippen molar-refractivity contribution in [2.24, 2.45) is 0 Å². The molecule has 160 valence electrons. The summed E-state index contributed by atoms with van der Waals surface area (Å²) in [5, 5.41) is 11.2. The number of amides is 1. The fraction of sp³-hybridized carbons (Fsp3) is 0.125. The van der Waals surface area contributed by atoms with Gasteiger partial charge in [-0.15, -0.1) is 0 Å². The topological polar surface area (TPSA) is 89.0 Å². The molecule has 1 unspecified atom stereocenters. The fourth-order valence-electron chi connectivity index (χ4n) is 3.95. The monoisotopic (exact) mass is 492 g/mol. The van der Waals surface area contributed by atoms with Gasteiger partial charge in [-0.25, -0.2) is 0 Å². The van der Waals surface area contributed by atoms with Gasteiger partial charge in [0.05, 0.1) is 11.6 Å². The molecule has 32 heavy (non-hydrogen) atoms. The Morgan fingerprint density at radius 3 is 2.72 bits per heavy atom. The average Bonchev–Trinajstić information content (AvgIpc) is 3.37. The molecule has 1 aromatic heterocycles. The summed E-state index contributed by atoms with van der Waals surface area (Å²) in [6, 6.07) is 15.1. The number of hydrogen-bond acceptors (Lipinski definition) is 6. The lowest BCUT2D eigenvalue weighted by Gasteiger charge is -2.25. The van der Waals surface area contributed by atoms with E-state index >= 15 is 0 Å². The third kappa shape index (κ3) is 3.52. The summed E-state index contributed by atoms with van der Waals surface area (Å²) in [5.74, 6) is -0.657. The number of aromatic nitrogens is 1. The summed E-state index contributed by atoms with van der Waals surface area (Å²) in [7, 11) is 0. The molecule has 2 aliphatic heterocycles. The number of ketones is 1. The number of carbonyl (C=O) groups excluding carboxylic acids is 2. The van der Waals surface area contributed by atoms with Crippen LogP contribution in [0.2, 0.25) is 0 Å². The molecular weight excluding hydrogens is 476 g/mol. The van der Waals surface area contributed by atoms with Crippen molar-refractivity contribution >= 4 is 33.4 Å². The Morgan fingerprint density at radius 2 is 1.94 bits per heavy atom. The largest absolute Gasteiger partial charge is 0.507 e. The Labute approximate surface area is 192 Å². The zero-order chi connectivity index (χ0) is 22.2. The maximum atomic E-state index is 13.1. The van der Waals surface area contributed by atoms with Crippen LogP contribution in [0.1, 0.15) is 22.7 Å². The second kappa shape index (κ2) is 8.12. The van der Waals surface area contributed by atoms with Crippen molar-refractivity contribution in [2.75, 3.05) is 6.79 Å². The average molecular weight is 493 g/mol. The molecule has 7 nitrogen and oxygen atoms in total. The number of pyridine rings is 1. The molecule has 0 bridgehead atoms. The van der Waals surface area contributed by atoms with Crippen LogP contribution in [-0.4, -0.2) is 33.5 Å². The zero-order valence-corrected chi connectivity index (χ0v) is 18.3. The van der Waals surface area contributed by atoms with Crippen molar-refractivity contribution < 1.29 is 24.2 Å². The zero-order valence-electron chi connectivity index (χ0n) is 16.7. The number of likely N-dealkylation sites (tertiary alicyclic amines) is 1. The maximum Gasteiger partial charge on any atom is 0.295 e. The SMILES string of the molecule is O=C1C(=O)N(Cc2cccnc2)C(c2cccc(Br)c2)C1=C(O)c1ccc2c(c1)OCO2. The number of benzene rings is 2. The van der Waals surface area contributed by atoms with Crippen LogP contribution in [0, 0.1) is 0 Å². The van der Waals surface area contributed by atoms with Crippen LogP contribution >= 0.6 is 15.9 Å². The van der Waals surface area contributed by atoms with E-state index in [1.54, 1.807) is 36.7 Å². The molecule has 0 radical (unpaired) electrons. The van der Waals surface area contributed by atoms with Crippen LogP contribution in [0.4, 0.5) is 0 Å². The van der Waals surface area contributed by atoms with E-state index in [1.165, 1.54) is 4.90 Å². The summed E-state index contributed by atoms with van der Waals surface area (Å²) >= 11 is 3.45. The van der Waals surface area contributed by atoms with Gasteiger partial charge in [0.1, 0.15) is 5.76 Å². The third-order valence-electron chi connectivity index (χ3n) is 5.43. The van der Waals surface area contributed by atoms with Crippen LogP contribution in [0.3, 0.4) is 0 Å². The first-order valence-electron chi connectivity index (χ1n) is 9.86. The van der Waals surface area contributed by atoms with Gasteiger partial charge >= 0.3 is 0 Å². The number of fused-ring (bicyclic) bond motifs is 1. The molecule has 1 N–H and O–H groups in total. The van der Waals surface area contributed by atoms with Crippen LogP contribution < -0.4 is 9.47 Å². The highest BCUT2D eigenvalue weighted by Crippen LogP contribution is 2.42. The minimum Gasteiger partial charge on any atom is -0.507 e. The summed E-state index contributed by atoms with van der Waals surface area (Å²) in [5.41, 5.74) is 1.87. The lowest BCUT2D eigenvalue weighted by atomic mass is 9.95. The lowest BCUT2D eigenvalue weighted by Crippen LogP contribution is -2.29. The maximum absolute atomic E-state index is 13.1. The molecule has 5 rings (SSSR count). The summed E-state index contributed by atoms with van der Waals surface area (Å²) in [4.78, 5) is 31.8. The number of aliphatic hydroxyl groups excluding tert-OH is 1. The van der Waals surface area contributed by atoms with Gasteiger partial charge in [0.15, 0.2) is 11.5 Å². The normalized spacial score (nSPS) is 18.9. The predicted octanol–water partition coefficient (Wildman–Crippen LogP) is 4.19. The van der Waals surface area contributed by atoms with Crippen LogP contribution in [0.5, 0.6) is 11.5 Å². The van der Waals surface area contributed by atoms with Gasteiger partial charge in [-0.2, -0.15) is 0 Å². The van der Waals surface area contributed by atoms with E-state index < -0.39 is 17.7 Å². The number of carbonyl (C=O) groups is 2. The minimum atomic E-state index is -0.766. The Kier molecular flexibility index (Phi) is 5.14. The van der Waals surface area contributed by atoms with E-state index in [0.717, 1.165) is 10.0 Å². The Hall–Kier alpha value is -3.65. The predicted molar refractivity (Wildman–Crippen MR) is 119 cm³/mol.